The second-order valence-electron chi connectivity index (χ2n) is 4.63. The number of aryl methyl sites for hydroxylation is 1. The molecule has 23 heavy (non-hydrogen) atoms. The van der Waals surface area contributed by atoms with Crippen LogP contribution >= 0.6 is 0 Å². The molecular weight excluding hydrogens is 306 g/mol. The van der Waals surface area contributed by atoms with Crippen molar-refractivity contribution in [1.29, 1.82) is 0 Å². The summed E-state index contributed by atoms with van der Waals surface area (Å²) in [5.74, 6) is -3.06. The first-order chi connectivity index (χ1) is 11.0. The van der Waals surface area contributed by atoms with Crippen LogP contribution in [-0.4, -0.2) is 23.5 Å². The highest BCUT2D eigenvalue weighted by Crippen LogP contribution is 2.15. The molecule has 0 bridgehead atoms. The summed E-state index contributed by atoms with van der Waals surface area (Å²) in [5, 5.41) is 2.20. The van der Waals surface area contributed by atoms with Crippen LogP contribution < -0.4 is 5.32 Å². The summed E-state index contributed by atoms with van der Waals surface area (Å²) in [4.78, 5) is 27.5. The van der Waals surface area contributed by atoms with Crippen LogP contribution in [0.5, 0.6) is 0 Å². The number of hydrogen-bond acceptors (Lipinski definition) is 4. The molecule has 7 heteroatoms. The van der Waals surface area contributed by atoms with Crippen LogP contribution in [0.25, 0.3) is 0 Å². The summed E-state index contributed by atoms with van der Waals surface area (Å²) < 4.78 is 31.1. The fourth-order valence-corrected chi connectivity index (χ4v) is 1.89. The highest BCUT2D eigenvalue weighted by molar-refractivity contribution is 5.96. The molecule has 0 aliphatic rings. The fraction of sp³-hybridized carbons (Fsp3) is 0.188. The number of carbonyl (C=O) groups is 2. The molecule has 0 unspecified atom stereocenters. The van der Waals surface area contributed by atoms with E-state index < -0.39 is 30.1 Å². The fourth-order valence-electron chi connectivity index (χ4n) is 1.89. The lowest BCUT2D eigenvalue weighted by Crippen LogP contribution is -2.22. The summed E-state index contributed by atoms with van der Waals surface area (Å²) in [6, 6.07) is 4.24. The smallest absolute Gasteiger partial charge is 0.339 e. The van der Waals surface area contributed by atoms with Crippen molar-refractivity contribution in [2.45, 2.75) is 13.3 Å². The minimum absolute atomic E-state index is 0.189. The quantitative estimate of drug-likeness (QED) is 0.860. The Morgan fingerprint density at radius 2 is 2.04 bits per heavy atom. The maximum Gasteiger partial charge on any atom is 0.339 e. The molecule has 0 spiro atoms. The van der Waals surface area contributed by atoms with Gasteiger partial charge in [0.2, 0.25) is 0 Å². The molecule has 120 valence electrons. The van der Waals surface area contributed by atoms with Gasteiger partial charge in [-0.1, -0.05) is 6.92 Å². The molecule has 0 atom stereocenters. The second-order valence-corrected chi connectivity index (χ2v) is 4.63. The van der Waals surface area contributed by atoms with Gasteiger partial charge in [-0.2, -0.15) is 0 Å². The van der Waals surface area contributed by atoms with Gasteiger partial charge in [0.1, 0.15) is 11.6 Å². The van der Waals surface area contributed by atoms with Gasteiger partial charge in [0.05, 0.1) is 11.3 Å². The van der Waals surface area contributed by atoms with Gasteiger partial charge in [0.15, 0.2) is 6.61 Å². The summed E-state index contributed by atoms with van der Waals surface area (Å²) in [5.41, 5.74) is 0.830. The molecule has 0 fully saturated rings. The molecule has 2 aromatic rings. The van der Waals surface area contributed by atoms with Crippen molar-refractivity contribution in [2.75, 3.05) is 11.9 Å². The van der Waals surface area contributed by atoms with Crippen LogP contribution in [0.4, 0.5) is 14.5 Å². The molecule has 1 aromatic carbocycles. The van der Waals surface area contributed by atoms with Gasteiger partial charge in [-0.15, -0.1) is 0 Å². The Kier molecular flexibility index (Phi) is 5.35. The number of nitrogens with zero attached hydrogens (tertiary/aromatic N) is 1. The van der Waals surface area contributed by atoms with Crippen LogP contribution in [0, 0.1) is 11.6 Å². The van der Waals surface area contributed by atoms with Gasteiger partial charge in [0.25, 0.3) is 5.91 Å². The van der Waals surface area contributed by atoms with Gasteiger partial charge >= 0.3 is 5.97 Å². The Morgan fingerprint density at radius 1 is 1.26 bits per heavy atom. The lowest BCUT2D eigenvalue weighted by molar-refractivity contribution is -0.119. The van der Waals surface area contributed by atoms with Gasteiger partial charge in [-0.3, -0.25) is 9.78 Å². The van der Waals surface area contributed by atoms with Gasteiger partial charge in [0, 0.05) is 18.5 Å². The molecule has 1 N–H and O–H groups in total. The lowest BCUT2D eigenvalue weighted by Gasteiger charge is -2.09. The summed E-state index contributed by atoms with van der Waals surface area (Å²) >= 11 is 0. The van der Waals surface area contributed by atoms with Crippen molar-refractivity contribution >= 4 is 17.6 Å². The zero-order valence-corrected chi connectivity index (χ0v) is 12.3. The van der Waals surface area contributed by atoms with Crippen LogP contribution in [0.2, 0.25) is 0 Å². The standard InChI is InChI=1S/C16H14F2N2O3/c1-2-10-8-19-6-5-12(10)16(22)23-9-15(21)20-14-4-3-11(17)7-13(14)18/h3-8H,2,9H2,1H3,(H,20,21). The number of pyridine rings is 1. The zero-order valence-electron chi connectivity index (χ0n) is 12.3. The molecule has 0 saturated carbocycles. The number of amides is 1. The molecule has 5 nitrogen and oxygen atoms in total. The molecule has 1 amide bonds. The van der Waals surface area contributed by atoms with Crippen LogP contribution in [0.3, 0.4) is 0 Å². The van der Waals surface area contributed by atoms with Crippen LogP contribution in [0.15, 0.2) is 36.7 Å². The number of halogens is 2. The Balaban J connectivity index is 1.95. The SMILES string of the molecule is CCc1cnccc1C(=O)OCC(=O)Nc1ccc(F)cc1F. The topological polar surface area (TPSA) is 68.3 Å². The van der Waals surface area contributed by atoms with E-state index in [-0.39, 0.29) is 5.69 Å². The van der Waals surface area contributed by atoms with E-state index in [9.17, 15) is 18.4 Å². The number of rotatable bonds is 5. The second kappa shape index (κ2) is 7.44. The minimum atomic E-state index is -0.910. The largest absolute Gasteiger partial charge is 0.452 e. The number of anilines is 1. The number of benzene rings is 1. The zero-order chi connectivity index (χ0) is 16.8. The maximum atomic E-state index is 13.4. The third kappa shape index (κ3) is 4.32. The van der Waals surface area contributed by atoms with E-state index in [1.165, 1.54) is 12.3 Å². The number of nitrogens with one attached hydrogen (secondary N) is 1. The van der Waals surface area contributed by atoms with Crippen molar-refractivity contribution in [3.05, 3.63) is 59.4 Å². The molecule has 0 saturated heterocycles. The highest BCUT2D eigenvalue weighted by atomic mass is 19.1. The Morgan fingerprint density at radius 3 is 2.74 bits per heavy atom. The predicted molar refractivity (Wildman–Crippen MR) is 78.9 cm³/mol. The Hall–Kier alpha value is -2.83. The number of aromatic nitrogens is 1. The van der Waals surface area contributed by atoms with Crippen molar-refractivity contribution in [1.82, 2.24) is 4.98 Å². The van der Waals surface area contributed by atoms with Crippen molar-refractivity contribution in [3.8, 4) is 0 Å². The first kappa shape index (κ1) is 16.5. The number of ether oxygens (including phenoxy) is 1. The monoisotopic (exact) mass is 320 g/mol. The van der Waals surface area contributed by atoms with Crippen LogP contribution in [-0.2, 0) is 16.0 Å². The number of esters is 1. The Bertz CT molecular complexity index is 735. The average Bonchev–Trinajstić information content (AvgIpc) is 2.55. The minimum Gasteiger partial charge on any atom is -0.452 e. The predicted octanol–water partition coefficient (Wildman–Crippen LogP) is 2.72. The van der Waals surface area contributed by atoms with Gasteiger partial charge in [-0.25, -0.2) is 13.6 Å². The van der Waals surface area contributed by atoms with Crippen molar-refractivity contribution < 1.29 is 23.1 Å². The first-order valence-corrected chi connectivity index (χ1v) is 6.86. The molecule has 0 aliphatic heterocycles. The molecule has 1 aromatic heterocycles. The van der Waals surface area contributed by atoms with Gasteiger partial charge in [-0.05, 0) is 30.2 Å². The van der Waals surface area contributed by atoms with E-state index in [1.807, 2.05) is 6.92 Å². The van der Waals surface area contributed by atoms with Crippen molar-refractivity contribution in [2.24, 2.45) is 0 Å². The van der Waals surface area contributed by atoms with E-state index in [1.54, 1.807) is 6.20 Å². The van der Waals surface area contributed by atoms with E-state index in [0.29, 0.717) is 23.6 Å². The average molecular weight is 320 g/mol. The highest BCUT2D eigenvalue weighted by Gasteiger charge is 2.14. The summed E-state index contributed by atoms with van der Waals surface area (Å²) in [7, 11) is 0. The summed E-state index contributed by atoms with van der Waals surface area (Å²) in [6.07, 6.45) is 3.58. The van der Waals surface area contributed by atoms with E-state index >= 15 is 0 Å². The number of carbonyl (C=O) groups excluding carboxylic acids is 2. The van der Waals surface area contributed by atoms with Gasteiger partial charge < -0.3 is 10.1 Å². The molecule has 0 aliphatic carbocycles. The normalized spacial score (nSPS) is 10.2. The van der Waals surface area contributed by atoms with Crippen LogP contribution in [0.1, 0.15) is 22.8 Å². The third-order valence-electron chi connectivity index (χ3n) is 3.04. The molecule has 1 heterocycles. The van der Waals surface area contributed by atoms with E-state index in [2.05, 4.69) is 10.3 Å². The number of hydrogen-bond donors (Lipinski definition) is 1. The summed E-state index contributed by atoms with van der Waals surface area (Å²) in [6.45, 7) is 1.28. The molecular formula is C16H14F2N2O3. The Labute approximate surface area is 131 Å². The molecule has 0 radical (unpaired) electrons. The maximum absolute atomic E-state index is 13.4. The third-order valence-corrected chi connectivity index (χ3v) is 3.04. The van der Waals surface area contributed by atoms with Crippen molar-refractivity contribution in [3.63, 3.8) is 0 Å². The van der Waals surface area contributed by atoms with E-state index in [0.717, 1.165) is 12.1 Å². The van der Waals surface area contributed by atoms with E-state index in [4.69, 9.17) is 4.74 Å². The lowest BCUT2D eigenvalue weighted by atomic mass is 10.1. The first-order valence-electron chi connectivity index (χ1n) is 6.86. The molecule has 2 rings (SSSR count).